The molecule has 0 saturated carbocycles. The van der Waals surface area contributed by atoms with Gasteiger partial charge < -0.3 is 10.0 Å². The topological polar surface area (TPSA) is 23.5 Å². The van der Waals surface area contributed by atoms with E-state index in [2.05, 4.69) is 0 Å². The Labute approximate surface area is 114 Å². The SMILES string of the molecule is OC1CCCN(CCSC(F)(F)F)c2ccccc21. The van der Waals surface area contributed by atoms with Gasteiger partial charge in [0.05, 0.1) is 6.10 Å². The van der Waals surface area contributed by atoms with Crippen molar-refractivity contribution in [3.8, 4) is 0 Å². The number of hydrogen-bond acceptors (Lipinski definition) is 3. The number of alkyl halides is 3. The van der Waals surface area contributed by atoms with Gasteiger partial charge in [-0.25, -0.2) is 0 Å². The summed E-state index contributed by atoms with van der Waals surface area (Å²) >= 11 is 0.00532. The average molecular weight is 291 g/mol. The van der Waals surface area contributed by atoms with Gasteiger partial charge in [-0.1, -0.05) is 18.2 Å². The summed E-state index contributed by atoms with van der Waals surface area (Å²) in [6.45, 7) is 1.03. The Morgan fingerprint density at radius 1 is 1.32 bits per heavy atom. The Hall–Kier alpha value is -0.880. The fourth-order valence-corrected chi connectivity index (χ4v) is 2.86. The molecule has 1 aromatic carbocycles. The number of aliphatic hydroxyl groups is 1. The number of hydrogen-bond donors (Lipinski definition) is 1. The number of benzene rings is 1. The van der Waals surface area contributed by atoms with Gasteiger partial charge in [-0.3, -0.25) is 0 Å². The molecule has 1 aliphatic heterocycles. The van der Waals surface area contributed by atoms with Crippen molar-refractivity contribution in [3.05, 3.63) is 29.8 Å². The quantitative estimate of drug-likeness (QED) is 0.921. The second-order valence-electron chi connectivity index (χ2n) is 4.50. The molecule has 0 aliphatic carbocycles. The Bertz CT molecular complexity index is 425. The van der Waals surface area contributed by atoms with E-state index >= 15 is 0 Å². The summed E-state index contributed by atoms with van der Waals surface area (Å²) in [4.78, 5) is 1.93. The highest BCUT2D eigenvalue weighted by Gasteiger charge is 2.28. The van der Waals surface area contributed by atoms with Crippen molar-refractivity contribution in [2.45, 2.75) is 24.5 Å². The molecule has 1 unspecified atom stereocenters. The molecule has 1 atom stereocenters. The smallest absolute Gasteiger partial charge is 0.388 e. The highest BCUT2D eigenvalue weighted by Crippen LogP contribution is 2.34. The molecule has 1 aromatic rings. The molecule has 19 heavy (non-hydrogen) atoms. The van der Waals surface area contributed by atoms with Crippen LogP contribution in [0.5, 0.6) is 0 Å². The molecule has 1 heterocycles. The molecular formula is C13H16F3NOS. The molecule has 1 N–H and O–H groups in total. The van der Waals surface area contributed by atoms with Crippen LogP contribution in [0, 0.1) is 0 Å². The number of nitrogens with zero attached hydrogens (tertiary/aromatic N) is 1. The highest BCUT2D eigenvalue weighted by atomic mass is 32.2. The van der Waals surface area contributed by atoms with Crippen LogP contribution in [-0.2, 0) is 0 Å². The lowest BCUT2D eigenvalue weighted by atomic mass is 10.0. The minimum Gasteiger partial charge on any atom is -0.388 e. The maximum Gasteiger partial charge on any atom is 0.441 e. The van der Waals surface area contributed by atoms with Gasteiger partial charge in [0.25, 0.3) is 0 Å². The first kappa shape index (κ1) is 14.5. The molecule has 2 nitrogen and oxygen atoms in total. The van der Waals surface area contributed by atoms with Gasteiger partial charge >= 0.3 is 5.51 Å². The van der Waals surface area contributed by atoms with Crippen molar-refractivity contribution >= 4 is 17.4 Å². The van der Waals surface area contributed by atoms with Crippen molar-refractivity contribution < 1.29 is 18.3 Å². The van der Waals surface area contributed by atoms with Crippen LogP contribution in [0.1, 0.15) is 24.5 Å². The summed E-state index contributed by atoms with van der Waals surface area (Å²) in [7, 11) is 0. The van der Waals surface area contributed by atoms with Crippen molar-refractivity contribution in [1.29, 1.82) is 0 Å². The number of thioether (sulfide) groups is 1. The Morgan fingerprint density at radius 3 is 2.79 bits per heavy atom. The van der Waals surface area contributed by atoms with Crippen LogP contribution in [0.15, 0.2) is 24.3 Å². The van der Waals surface area contributed by atoms with Crippen molar-refractivity contribution in [2.24, 2.45) is 0 Å². The molecule has 0 radical (unpaired) electrons. The fraction of sp³-hybridized carbons (Fsp3) is 0.538. The third-order valence-corrected chi connectivity index (χ3v) is 3.88. The standard InChI is InChI=1S/C13H16F3NOS/c14-13(15,16)19-9-8-17-7-3-6-12(18)10-4-1-2-5-11(10)17/h1-2,4-5,12,18H,3,6-9H2. The summed E-state index contributed by atoms with van der Waals surface area (Å²) in [5.41, 5.74) is -2.50. The van der Waals surface area contributed by atoms with E-state index in [1.807, 2.05) is 29.2 Å². The van der Waals surface area contributed by atoms with Crippen molar-refractivity contribution in [1.82, 2.24) is 0 Å². The lowest BCUT2D eigenvalue weighted by Gasteiger charge is -2.25. The maximum atomic E-state index is 12.2. The zero-order valence-corrected chi connectivity index (χ0v) is 11.2. The van der Waals surface area contributed by atoms with E-state index in [1.165, 1.54) is 0 Å². The van der Waals surface area contributed by atoms with Crippen LogP contribution in [-0.4, -0.2) is 29.5 Å². The monoisotopic (exact) mass is 291 g/mol. The van der Waals surface area contributed by atoms with Gasteiger partial charge in [-0.2, -0.15) is 13.2 Å². The second-order valence-corrected chi connectivity index (χ2v) is 5.66. The van der Waals surface area contributed by atoms with E-state index < -0.39 is 11.6 Å². The second kappa shape index (κ2) is 6.05. The minimum absolute atomic E-state index is 0.00532. The Balaban J connectivity index is 2.06. The summed E-state index contributed by atoms with van der Waals surface area (Å²) in [5, 5.41) is 10.0. The van der Waals surface area contributed by atoms with E-state index in [0.717, 1.165) is 17.7 Å². The van der Waals surface area contributed by atoms with Gasteiger partial charge in [0, 0.05) is 30.1 Å². The third kappa shape index (κ3) is 4.04. The molecule has 0 bridgehead atoms. The number of aliphatic hydroxyl groups excluding tert-OH is 1. The number of rotatable bonds is 3. The molecular weight excluding hydrogens is 275 g/mol. The lowest BCUT2D eigenvalue weighted by Crippen LogP contribution is -2.27. The largest absolute Gasteiger partial charge is 0.441 e. The molecule has 106 valence electrons. The van der Waals surface area contributed by atoms with Crippen molar-refractivity contribution in [3.63, 3.8) is 0 Å². The zero-order chi connectivity index (χ0) is 13.9. The first-order valence-corrected chi connectivity index (χ1v) is 7.18. The maximum absolute atomic E-state index is 12.2. The molecule has 0 amide bonds. The van der Waals surface area contributed by atoms with E-state index in [-0.39, 0.29) is 17.5 Å². The van der Waals surface area contributed by atoms with Gasteiger partial charge in [-0.05, 0) is 30.7 Å². The Morgan fingerprint density at radius 2 is 2.05 bits per heavy atom. The third-order valence-electron chi connectivity index (χ3n) is 3.17. The highest BCUT2D eigenvalue weighted by molar-refractivity contribution is 8.00. The van der Waals surface area contributed by atoms with Gasteiger partial charge in [-0.15, -0.1) is 0 Å². The minimum atomic E-state index is -4.18. The van der Waals surface area contributed by atoms with Crippen molar-refractivity contribution in [2.75, 3.05) is 23.7 Å². The molecule has 1 aliphatic rings. The molecule has 2 rings (SSSR count). The number of anilines is 1. The lowest BCUT2D eigenvalue weighted by molar-refractivity contribution is -0.0327. The van der Waals surface area contributed by atoms with Crippen LogP contribution < -0.4 is 4.90 Å². The van der Waals surface area contributed by atoms with Crippen LogP contribution >= 0.6 is 11.8 Å². The van der Waals surface area contributed by atoms with E-state index in [1.54, 1.807) is 0 Å². The van der Waals surface area contributed by atoms with Gasteiger partial charge in [0.15, 0.2) is 0 Å². The molecule has 0 saturated heterocycles. The van der Waals surface area contributed by atoms with E-state index in [9.17, 15) is 18.3 Å². The van der Waals surface area contributed by atoms with Gasteiger partial charge in [0.1, 0.15) is 0 Å². The molecule has 0 spiro atoms. The summed E-state index contributed by atoms with van der Waals surface area (Å²) in [5.74, 6) is 0.00787. The summed E-state index contributed by atoms with van der Waals surface area (Å²) in [6, 6.07) is 7.40. The molecule has 0 aromatic heterocycles. The number of fused-ring (bicyclic) bond motifs is 1. The first-order valence-electron chi connectivity index (χ1n) is 6.20. The fourth-order valence-electron chi connectivity index (χ4n) is 2.31. The first-order chi connectivity index (χ1) is 8.97. The molecule has 6 heteroatoms. The van der Waals surface area contributed by atoms with Crippen LogP contribution in [0.2, 0.25) is 0 Å². The Kier molecular flexibility index (Phi) is 4.62. The predicted molar refractivity (Wildman–Crippen MR) is 71.4 cm³/mol. The summed E-state index contributed by atoms with van der Waals surface area (Å²) in [6.07, 6.45) is 0.920. The van der Waals surface area contributed by atoms with Crippen LogP contribution in [0.3, 0.4) is 0 Å². The van der Waals surface area contributed by atoms with Crippen LogP contribution in [0.25, 0.3) is 0 Å². The number of halogens is 3. The predicted octanol–water partition coefficient (Wildman–Crippen LogP) is 3.57. The normalized spacial score (nSPS) is 20.0. The zero-order valence-electron chi connectivity index (χ0n) is 10.4. The summed E-state index contributed by atoms with van der Waals surface area (Å²) < 4.78 is 36.5. The van der Waals surface area contributed by atoms with Crippen LogP contribution in [0.4, 0.5) is 18.9 Å². The van der Waals surface area contributed by atoms with E-state index in [0.29, 0.717) is 19.5 Å². The average Bonchev–Trinajstić information content (AvgIpc) is 2.49. The van der Waals surface area contributed by atoms with Gasteiger partial charge in [0.2, 0.25) is 0 Å². The van der Waals surface area contributed by atoms with E-state index in [4.69, 9.17) is 0 Å². The molecule has 0 fully saturated rings. The number of para-hydroxylation sites is 1.